The van der Waals surface area contributed by atoms with Gasteiger partial charge in [-0.1, -0.05) is 30.3 Å². The Balaban J connectivity index is 1.59. The maximum Gasteiger partial charge on any atom is 0.324 e. The van der Waals surface area contributed by atoms with Crippen molar-refractivity contribution in [2.45, 2.75) is 37.0 Å². The number of nitrogen functional groups attached to an aromatic ring is 1. The molecule has 0 radical (unpaired) electrons. The number of benzene rings is 1. The molecule has 0 aliphatic carbocycles. The van der Waals surface area contributed by atoms with Gasteiger partial charge < -0.3 is 30.7 Å². The van der Waals surface area contributed by atoms with Crippen molar-refractivity contribution < 1.29 is 24.5 Å². The summed E-state index contributed by atoms with van der Waals surface area (Å²) >= 11 is 0. The number of aliphatic hydroxyl groups is 2. The van der Waals surface area contributed by atoms with Crippen LogP contribution in [-0.4, -0.2) is 73.7 Å². The molecule has 164 valence electrons. The lowest BCUT2D eigenvalue weighted by Gasteiger charge is -2.24. The number of nitrogens with one attached hydrogen (secondary N) is 1. The zero-order chi connectivity index (χ0) is 22.0. The van der Waals surface area contributed by atoms with E-state index in [1.807, 2.05) is 30.3 Å². The van der Waals surface area contributed by atoms with Gasteiger partial charge in [-0.2, -0.15) is 0 Å². The maximum atomic E-state index is 12.9. The molecule has 4 rings (SSSR count). The van der Waals surface area contributed by atoms with E-state index in [9.17, 15) is 15.0 Å². The van der Waals surface area contributed by atoms with Gasteiger partial charge in [-0.25, -0.2) is 15.0 Å². The summed E-state index contributed by atoms with van der Waals surface area (Å²) in [5.74, 6) is -0.367. The van der Waals surface area contributed by atoms with E-state index in [1.54, 1.807) is 7.05 Å². The number of carbonyl (C=O) groups excluding carboxylic acids is 1. The largest absolute Gasteiger partial charge is 0.453 e. The smallest absolute Gasteiger partial charge is 0.324 e. The topological polar surface area (TPSA) is 158 Å². The molecule has 1 aliphatic rings. The molecule has 0 amide bonds. The van der Waals surface area contributed by atoms with E-state index in [0.717, 1.165) is 5.56 Å². The van der Waals surface area contributed by atoms with E-state index in [2.05, 4.69) is 20.3 Å². The number of fused-ring (bicyclic) bond motifs is 1. The van der Waals surface area contributed by atoms with Gasteiger partial charge in [-0.15, -0.1) is 0 Å². The van der Waals surface area contributed by atoms with Crippen LogP contribution < -0.4 is 11.1 Å². The van der Waals surface area contributed by atoms with Crippen LogP contribution in [0.25, 0.3) is 11.2 Å². The number of carbonyl (C=O) groups is 1. The van der Waals surface area contributed by atoms with Gasteiger partial charge in [0.15, 0.2) is 23.8 Å². The second kappa shape index (κ2) is 8.94. The van der Waals surface area contributed by atoms with E-state index in [-0.39, 0.29) is 5.82 Å². The number of aliphatic hydroxyl groups excluding tert-OH is 2. The lowest BCUT2D eigenvalue weighted by molar-refractivity contribution is -0.160. The lowest BCUT2D eigenvalue weighted by Crippen LogP contribution is -2.43. The van der Waals surface area contributed by atoms with Gasteiger partial charge in [0.1, 0.15) is 30.1 Å². The standard InChI is InChI=1S/C20H24N6O5/c1-22-12(7-11-5-3-2-4-6-11)20(29)31-16-15(28)13(8-27)30-19(16)26-10-25-14-17(21)23-9-24-18(14)26/h2-6,9-10,12-13,15-16,19,22,27-28H,7-8H2,1H3,(H2,21,23,24)/t12-,13?,15?,16?,19?/m1/s1. The number of likely N-dealkylation sites (N-methyl/N-ethyl adjacent to an activating group) is 1. The van der Waals surface area contributed by atoms with Crippen molar-refractivity contribution >= 4 is 23.0 Å². The summed E-state index contributed by atoms with van der Waals surface area (Å²) in [4.78, 5) is 25.2. The zero-order valence-corrected chi connectivity index (χ0v) is 16.8. The molecule has 1 aromatic carbocycles. The number of hydrogen-bond acceptors (Lipinski definition) is 10. The van der Waals surface area contributed by atoms with Crippen LogP contribution in [0.5, 0.6) is 0 Å². The Hall–Kier alpha value is -3.12. The van der Waals surface area contributed by atoms with Crippen molar-refractivity contribution in [1.29, 1.82) is 0 Å². The fraction of sp³-hybridized carbons (Fsp3) is 0.400. The number of ether oxygens (including phenoxy) is 2. The number of esters is 1. The molecule has 3 heterocycles. The van der Waals surface area contributed by atoms with Gasteiger partial charge in [0.05, 0.1) is 12.9 Å². The van der Waals surface area contributed by atoms with Crippen molar-refractivity contribution in [2.75, 3.05) is 19.4 Å². The molecular weight excluding hydrogens is 404 g/mol. The highest BCUT2D eigenvalue weighted by molar-refractivity contribution is 5.81. The summed E-state index contributed by atoms with van der Waals surface area (Å²) in [5, 5.41) is 23.2. The molecule has 11 heteroatoms. The predicted molar refractivity (Wildman–Crippen MR) is 110 cm³/mol. The first-order valence-electron chi connectivity index (χ1n) is 9.82. The van der Waals surface area contributed by atoms with Gasteiger partial charge in [0.2, 0.25) is 0 Å². The SMILES string of the molecule is CN[C@H](Cc1ccccc1)C(=O)OC1C(O)C(CO)OC1n1cnc2c(N)ncnc21. The third-order valence-corrected chi connectivity index (χ3v) is 5.32. The van der Waals surface area contributed by atoms with Crippen LogP contribution in [0.3, 0.4) is 0 Å². The number of rotatable bonds is 7. The predicted octanol–water partition coefficient (Wildman–Crippen LogP) is -0.598. The summed E-state index contributed by atoms with van der Waals surface area (Å²) < 4.78 is 13.0. The first-order valence-corrected chi connectivity index (χ1v) is 9.82. The first kappa shape index (κ1) is 21.1. The average Bonchev–Trinajstić information content (AvgIpc) is 3.35. The highest BCUT2D eigenvalue weighted by Gasteiger charge is 2.48. The fourth-order valence-corrected chi connectivity index (χ4v) is 3.65. The maximum absolute atomic E-state index is 12.9. The summed E-state index contributed by atoms with van der Waals surface area (Å²) in [5.41, 5.74) is 7.52. The van der Waals surface area contributed by atoms with E-state index in [1.165, 1.54) is 17.2 Å². The van der Waals surface area contributed by atoms with Crippen molar-refractivity contribution in [3.05, 3.63) is 48.5 Å². The van der Waals surface area contributed by atoms with E-state index < -0.39 is 43.2 Å². The van der Waals surface area contributed by atoms with Crippen LogP contribution in [0.1, 0.15) is 11.8 Å². The molecular formula is C20H24N6O5. The Kier molecular flexibility index (Phi) is 6.09. The van der Waals surface area contributed by atoms with Crippen LogP contribution in [0.15, 0.2) is 43.0 Å². The fourth-order valence-electron chi connectivity index (χ4n) is 3.65. The van der Waals surface area contributed by atoms with E-state index in [0.29, 0.717) is 17.6 Å². The molecule has 0 bridgehead atoms. The number of imidazole rings is 1. The van der Waals surface area contributed by atoms with Crippen LogP contribution in [0.2, 0.25) is 0 Å². The molecule has 4 unspecified atom stereocenters. The third-order valence-electron chi connectivity index (χ3n) is 5.32. The van der Waals surface area contributed by atoms with Crippen molar-refractivity contribution in [3.8, 4) is 0 Å². The number of aromatic nitrogens is 4. The van der Waals surface area contributed by atoms with E-state index in [4.69, 9.17) is 15.2 Å². The average molecular weight is 428 g/mol. The van der Waals surface area contributed by atoms with Crippen LogP contribution in [0.4, 0.5) is 5.82 Å². The Bertz CT molecular complexity index is 1040. The molecule has 31 heavy (non-hydrogen) atoms. The molecule has 5 atom stereocenters. The molecule has 5 N–H and O–H groups in total. The van der Waals surface area contributed by atoms with Crippen molar-refractivity contribution in [3.63, 3.8) is 0 Å². The number of nitrogens with zero attached hydrogens (tertiary/aromatic N) is 4. The molecule has 0 saturated carbocycles. The normalized spacial score (nSPS) is 24.4. The molecule has 0 spiro atoms. The Morgan fingerprint density at radius 1 is 1.32 bits per heavy atom. The summed E-state index contributed by atoms with van der Waals surface area (Å²) in [6.45, 7) is -0.449. The van der Waals surface area contributed by atoms with Crippen molar-refractivity contribution in [2.24, 2.45) is 0 Å². The third kappa shape index (κ3) is 4.08. The number of hydrogen-bond donors (Lipinski definition) is 4. The minimum absolute atomic E-state index is 0.188. The molecule has 1 aliphatic heterocycles. The highest BCUT2D eigenvalue weighted by atomic mass is 16.6. The van der Waals surface area contributed by atoms with E-state index >= 15 is 0 Å². The van der Waals surface area contributed by atoms with Crippen LogP contribution in [-0.2, 0) is 20.7 Å². The summed E-state index contributed by atoms with van der Waals surface area (Å²) in [7, 11) is 1.66. The van der Waals surface area contributed by atoms with Gasteiger partial charge in [0.25, 0.3) is 0 Å². The number of nitrogens with two attached hydrogens (primary N) is 1. The second-order valence-electron chi connectivity index (χ2n) is 7.25. The quantitative estimate of drug-likeness (QED) is 0.358. The number of anilines is 1. The second-order valence-corrected chi connectivity index (χ2v) is 7.25. The minimum Gasteiger partial charge on any atom is -0.453 e. The Labute approximate surface area is 177 Å². The Morgan fingerprint density at radius 2 is 2.10 bits per heavy atom. The van der Waals surface area contributed by atoms with Gasteiger partial charge in [0, 0.05) is 0 Å². The van der Waals surface area contributed by atoms with Crippen LogP contribution in [0, 0.1) is 0 Å². The monoisotopic (exact) mass is 428 g/mol. The summed E-state index contributed by atoms with van der Waals surface area (Å²) in [6, 6.07) is 8.87. The highest BCUT2D eigenvalue weighted by Crippen LogP contribution is 2.34. The van der Waals surface area contributed by atoms with Gasteiger partial charge in [-0.05, 0) is 19.0 Å². The minimum atomic E-state index is -1.25. The molecule has 3 aromatic rings. The molecule has 2 aromatic heterocycles. The molecule has 11 nitrogen and oxygen atoms in total. The van der Waals surface area contributed by atoms with Gasteiger partial charge >= 0.3 is 5.97 Å². The summed E-state index contributed by atoms with van der Waals surface area (Å²) in [6.07, 6.45) is -1.12. The first-order chi connectivity index (χ1) is 15.0. The van der Waals surface area contributed by atoms with Crippen LogP contribution >= 0.6 is 0 Å². The van der Waals surface area contributed by atoms with Gasteiger partial charge in [-0.3, -0.25) is 9.36 Å². The zero-order valence-electron chi connectivity index (χ0n) is 16.8. The van der Waals surface area contributed by atoms with Crippen molar-refractivity contribution in [1.82, 2.24) is 24.8 Å². The molecule has 1 saturated heterocycles. The lowest BCUT2D eigenvalue weighted by atomic mass is 10.1. The molecule has 1 fully saturated rings. The Morgan fingerprint density at radius 3 is 2.81 bits per heavy atom.